The molecule has 0 heterocycles. The van der Waals surface area contributed by atoms with Crippen LogP contribution in [-0.2, 0) is 25.6 Å². The Labute approximate surface area is 194 Å². The molecule has 0 aromatic heterocycles. The summed E-state index contributed by atoms with van der Waals surface area (Å²) in [6.45, 7) is 0. The molecule has 34 heavy (non-hydrogen) atoms. The topological polar surface area (TPSA) is 158 Å². The van der Waals surface area contributed by atoms with Crippen LogP contribution in [0.3, 0.4) is 0 Å². The second kappa shape index (κ2) is 7.67. The van der Waals surface area contributed by atoms with Crippen LogP contribution in [-0.4, -0.2) is 84.0 Å². The Morgan fingerprint density at radius 1 is 1.15 bits per heavy atom. The van der Waals surface area contributed by atoms with Gasteiger partial charge in [0, 0.05) is 31.8 Å². The number of nitrogens with zero attached hydrogens (tertiary/aromatic N) is 2. The zero-order chi connectivity index (χ0) is 25.4. The molecule has 0 radical (unpaired) electrons. The molecule has 0 spiro atoms. The first-order valence-corrected chi connectivity index (χ1v) is 10.8. The highest BCUT2D eigenvalue weighted by atomic mass is 19.1. The number of benzene rings is 1. The zero-order valence-electron chi connectivity index (χ0n) is 19.2. The fraction of sp³-hybridized carbons (Fsp3) is 0.522. The Bertz CT molecular complexity index is 1160. The average molecular weight is 475 g/mol. The van der Waals surface area contributed by atoms with Crippen LogP contribution in [0.4, 0.5) is 10.1 Å². The standard InChI is InChI=1S/C23H26FN3O7/c1-26(2)12-7-11(24)17(28)14-9(12)5-8-6-10-16(27(3)4)19(30)15(22(25)33)21(32)23(10,34)20(31)13(8)18(14)29/h7-8,10,13,15-16,28,34H,5-6H2,1-4H3,(H2,25,33). The predicted molar refractivity (Wildman–Crippen MR) is 116 cm³/mol. The first-order valence-electron chi connectivity index (χ1n) is 10.8. The maximum absolute atomic E-state index is 14.4. The van der Waals surface area contributed by atoms with Crippen molar-refractivity contribution in [3.63, 3.8) is 0 Å². The van der Waals surface area contributed by atoms with Crippen LogP contribution in [0.5, 0.6) is 5.75 Å². The van der Waals surface area contributed by atoms with Gasteiger partial charge in [0.15, 0.2) is 46.2 Å². The molecule has 3 aliphatic rings. The van der Waals surface area contributed by atoms with Gasteiger partial charge in [-0.25, -0.2) is 4.39 Å². The zero-order valence-corrected chi connectivity index (χ0v) is 19.2. The third kappa shape index (κ3) is 2.96. The van der Waals surface area contributed by atoms with Crippen molar-refractivity contribution in [2.45, 2.75) is 24.5 Å². The van der Waals surface area contributed by atoms with E-state index in [4.69, 9.17) is 5.73 Å². The van der Waals surface area contributed by atoms with E-state index in [1.807, 2.05) is 0 Å². The molecule has 6 atom stereocenters. The van der Waals surface area contributed by atoms with E-state index in [1.54, 1.807) is 19.0 Å². The number of likely N-dealkylation sites (N-methyl/N-ethyl adjacent to an activating group) is 1. The Balaban J connectivity index is 1.91. The van der Waals surface area contributed by atoms with Gasteiger partial charge in [-0.3, -0.25) is 28.9 Å². The van der Waals surface area contributed by atoms with E-state index in [-0.39, 0.29) is 18.4 Å². The third-order valence-corrected chi connectivity index (χ3v) is 7.47. The van der Waals surface area contributed by atoms with Crippen LogP contribution in [0.1, 0.15) is 22.3 Å². The lowest BCUT2D eigenvalue weighted by Gasteiger charge is -2.52. The summed E-state index contributed by atoms with van der Waals surface area (Å²) in [5.74, 6) is -13.0. The van der Waals surface area contributed by atoms with Crippen molar-refractivity contribution in [2.75, 3.05) is 33.1 Å². The summed E-state index contributed by atoms with van der Waals surface area (Å²) in [6.07, 6.45) is 0.0160. The number of phenolic OH excluding ortho intramolecular Hbond substituents is 1. The molecule has 1 aromatic rings. The van der Waals surface area contributed by atoms with Crippen molar-refractivity contribution < 1.29 is 38.6 Å². The smallest absolute Gasteiger partial charge is 0.235 e. The number of phenols is 1. The normalized spacial score (nSPS) is 32.9. The van der Waals surface area contributed by atoms with Gasteiger partial charge in [0.05, 0.1) is 17.5 Å². The number of Topliss-reactive ketones (excluding diaryl/α,β-unsaturated/α-hetero) is 4. The van der Waals surface area contributed by atoms with Gasteiger partial charge in [-0.05, 0) is 38.4 Å². The van der Waals surface area contributed by atoms with E-state index in [1.165, 1.54) is 19.0 Å². The molecule has 10 nitrogen and oxygen atoms in total. The Morgan fingerprint density at radius 3 is 2.29 bits per heavy atom. The van der Waals surface area contributed by atoms with Gasteiger partial charge in [0.25, 0.3) is 0 Å². The van der Waals surface area contributed by atoms with Crippen LogP contribution in [0.15, 0.2) is 6.07 Å². The fourth-order valence-electron chi connectivity index (χ4n) is 6.02. The second-order valence-electron chi connectivity index (χ2n) is 9.76. The van der Waals surface area contributed by atoms with E-state index >= 15 is 0 Å². The molecule has 182 valence electrons. The van der Waals surface area contributed by atoms with Gasteiger partial charge >= 0.3 is 0 Å². The summed E-state index contributed by atoms with van der Waals surface area (Å²) in [7, 11) is 6.30. The van der Waals surface area contributed by atoms with E-state index < -0.39 is 75.9 Å². The number of nitrogens with two attached hydrogens (primary N) is 1. The molecule has 0 saturated heterocycles. The number of halogens is 1. The highest BCUT2D eigenvalue weighted by Gasteiger charge is 2.69. The molecule has 2 saturated carbocycles. The molecule has 3 aliphatic carbocycles. The first-order chi connectivity index (χ1) is 15.7. The summed E-state index contributed by atoms with van der Waals surface area (Å²) < 4.78 is 14.4. The number of ketones is 4. The number of hydrogen-bond donors (Lipinski definition) is 3. The molecule has 11 heteroatoms. The van der Waals surface area contributed by atoms with Crippen molar-refractivity contribution >= 4 is 34.7 Å². The largest absolute Gasteiger partial charge is 0.504 e. The molecule has 0 bridgehead atoms. The summed E-state index contributed by atoms with van der Waals surface area (Å²) in [4.78, 5) is 68.3. The van der Waals surface area contributed by atoms with Gasteiger partial charge < -0.3 is 20.8 Å². The monoisotopic (exact) mass is 475 g/mol. The van der Waals surface area contributed by atoms with Crippen LogP contribution in [0.25, 0.3) is 0 Å². The van der Waals surface area contributed by atoms with E-state index in [0.717, 1.165) is 6.07 Å². The van der Waals surface area contributed by atoms with Crippen LogP contribution >= 0.6 is 0 Å². The summed E-state index contributed by atoms with van der Waals surface area (Å²) in [5, 5.41) is 21.8. The van der Waals surface area contributed by atoms with Gasteiger partial charge in [0.1, 0.15) is 0 Å². The van der Waals surface area contributed by atoms with Crippen LogP contribution in [0, 0.1) is 29.5 Å². The number of fused-ring (bicyclic) bond motifs is 3. The third-order valence-electron chi connectivity index (χ3n) is 7.47. The SMILES string of the molecule is CN(C)c1cc(F)c(O)c2c1CC1CC3C(N(C)C)C(=O)C(C(N)=O)C(=O)C3(O)C(=O)C1C2=O. The van der Waals surface area contributed by atoms with Crippen LogP contribution in [0.2, 0.25) is 0 Å². The minimum absolute atomic E-state index is 0.0606. The molecule has 4 rings (SSSR count). The Morgan fingerprint density at radius 2 is 1.76 bits per heavy atom. The number of carbonyl (C=O) groups is 5. The second-order valence-corrected chi connectivity index (χ2v) is 9.76. The average Bonchev–Trinajstić information content (AvgIpc) is 2.72. The highest BCUT2D eigenvalue weighted by Crippen LogP contribution is 2.52. The van der Waals surface area contributed by atoms with Crippen molar-refractivity contribution in [3.05, 3.63) is 23.0 Å². The number of aromatic hydroxyl groups is 1. The van der Waals surface area contributed by atoms with E-state index in [2.05, 4.69) is 0 Å². The lowest BCUT2D eigenvalue weighted by Crippen LogP contribution is -2.74. The molecule has 6 unspecified atom stereocenters. The van der Waals surface area contributed by atoms with Gasteiger partial charge in [-0.2, -0.15) is 0 Å². The molecule has 1 aromatic carbocycles. The summed E-state index contributed by atoms with van der Waals surface area (Å²) in [6, 6.07) is -0.0761. The Hall–Kier alpha value is -3.18. The minimum atomic E-state index is -2.80. The van der Waals surface area contributed by atoms with Crippen LogP contribution < -0.4 is 10.6 Å². The molecule has 1 amide bonds. The quantitative estimate of drug-likeness (QED) is 0.470. The van der Waals surface area contributed by atoms with Gasteiger partial charge in [0.2, 0.25) is 5.91 Å². The van der Waals surface area contributed by atoms with Crippen molar-refractivity contribution in [1.82, 2.24) is 4.90 Å². The van der Waals surface area contributed by atoms with Crippen molar-refractivity contribution in [3.8, 4) is 5.75 Å². The number of aliphatic hydroxyl groups is 1. The highest BCUT2D eigenvalue weighted by molar-refractivity contribution is 6.32. The Kier molecular flexibility index (Phi) is 5.41. The lowest BCUT2D eigenvalue weighted by atomic mass is 9.52. The summed E-state index contributed by atoms with van der Waals surface area (Å²) in [5.41, 5.74) is 2.80. The first kappa shape index (κ1) is 24.0. The minimum Gasteiger partial charge on any atom is -0.504 e. The van der Waals surface area contributed by atoms with Gasteiger partial charge in [-0.1, -0.05) is 0 Å². The molecule has 0 aliphatic heterocycles. The number of anilines is 1. The summed E-state index contributed by atoms with van der Waals surface area (Å²) >= 11 is 0. The maximum Gasteiger partial charge on any atom is 0.235 e. The maximum atomic E-state index is 14.4. The molecule has 2 fully saturated rings. The number of carbonyl (C=O) groups excluding carboxylic acids is 5. The number of primary amides is 1. The van der Waals surface area contributed by atoms with E-state index in [0.29, 0.717) is 11.3 Å². The number of rotatable bonds is 3. The molecular formula is C23H26FN3O7. The molecule has 4 N–H and O–H groups in total. The number of amides is 1. The van der Waals surface area contributed by atoms with Crippen molar-refractivity contribution in [2.24, 2.45) is 29.4 Å². The van der Waals surface area contributed by atoms with Gasteiger partial charge in [-0.15, -0.1) is 0 Å². The number of hydrogen-bond acceptors (Lipinski definition) is 9. The lowest BCUT2D eigenvalue weighted by molar-refractivity contribution is -0.181. The van der Waals surface area contributed by atoms with E-state index in [9.17, 15) is 38.6 Å². The predicted octanol–water partition coefficient (Wildman–Crippen LogP) is -0.928. The molecular weight excluding hydrogens is 449 g/mol. The fourth-order valence-corrected chi connectivity index (χ4v) is 6.02. The van der Waals surface area contributed by atoms with Crippen molar-refractivity contribution in [1.29, 1.82) is 0 Å².